The van der Waals surface area contributed by atoms with Gasteiger partial charge in [-0.2, -0.15) is 0 Å². The van der Waals surface area contributed by atoms with E-state index in [0.717, 1.165) is 36.4 Å². The molecule has 4 rings (SSSR count). The van der Waals surface area contributed by atoms with Crippen LogP contribution in [0.25, 0.3) is 0 Å². The maximum Gasteiger partial charge on any atom is 0.250 e. The number of nitrogens with zero attached hydrogens (tertiary/aromatic N) is 2. The monoisotopic (exact) mass is 359 g/mol. The van der Waals surface area contributed by atoms with Crippen LogP contribution in [0.15, 0.2) is 30.5 Å². The van der Waals surface area contributed by atoms with Crippen LogP contribution in [0.5, 0.6) is 11.5 Å². The first-order valence-electron chi connectivity index (χ1n) is 8.25. The van der Waals surface area contributed by atoms with Crippen molar-refractivity contribution < 1.29 is 14.3 Å². The minimum atomic E-state index is -0.540. The lowest BCUT2D eigenvalue weighted by atomic mass is 10.0. The molecule has 0 radical (unpaired) electrons. The first-order valence-corrected chi connectivity index (χ1v) is 8.63. The van der Waals surface area contributed by atoms with E-state index in [-0.39, 0.29) is 6.04 Å². The molecule has 1 fully saturated rings. The van der Waals surface area contributed by atoms with E-state index < -0.39 is 5.91 Å². The van der Waals surface area contributed by atoms with Gasteiger partial charge in [-0.05, 0) is 25.0 Å². The highest BCUT2D eigenvalue weighted by atomic mass is 35.5. The summed E-state index contributed by atoms with van der Waals surface area (Å²) >= 11 is 6.38. The summed E-state index contributed by atoms with van der Waals surface area (Å²) in [7, 11) is 0. The minimum absolute atomic E-state index is 0.0982. The van der Waals surface area contributed by atoms with E-state index in [4.69, 9.17) is 26.8 Å². The van der Waals surface area contributed by atoms with Crippen molar-refractivity contribution in [2.45, 2.75) is 18.9 Å². The van der Waals surface area contributed by atoms with Gasteiger partial charge in [0.1, 0.15) is 19.0 Å². The maximum atomic E-state index is 11.3. The molecule has 130 valence electrons. The highest BCUT2D eigenvalue weighted by molar-refractivity contribution is 6.33. The predicted octanol–water partition coefficient (Wildman–Crippen LogP) is 2.95. The molecule has 7 heteroatoms. The van der Waals surface area contributed by atoms with Gasteiger partial charge in [-0.3, -0.25) is 4.79 Å². The maximum absolute atomic E-state index is 11.3. The van der Waals surface area contributed by atoms with Crippen molar-refractivity contribution in [3.8, 4) is 11.5 Å². The number of nitrogens with two attached hydrogens (primary N) is 1. The lowest BCUT2D eigenvalue weighted by molar-refractivity contribution is 0.1000. The van der Waals surface area contributed by atoms with E-state index in [1.807, 2.05) is 12.1 Å². The number of rotatable bonds is 3. The van der Waals surface area contributed by atoms with Crippen LogP contribution in [-0.4, -0.2) is 30.6 Å². The van der Waals surface area contributed by atoms with Gasteiger partial charge in [-0.1, -0.05) is 23.7 Å². The fourth-order valence-electron chi connectivity index (χ4n) is 3.48. The lowest BCUT2D eigenvalue weighted by Gasteiger charge is -2.30. The summed E-state index contributed by atoms with van der Waals surface area (Å²) in [4.78, 5) is 17.9. The number of carbonyl (C=O) groups is 1. The van der Waals surface area contributed by atoms with Gasteiger partial charge in [0.2, 0.25) is 5.91 Å². The molecular weight excluding hydrogens is 342 g/mol. The zero-order valence-electron chi connectivity index (χ0n) is 13.6. The average Bonchev–Trinajstić information content (AvgIpc) is 3.10. The van der Waals surface area contributed by atoms with Gasteiger partial charge >= 0.3 is 0 Å². The molecule has 0 bridgehead atoms. The van der Waals surface area contributed by atoms with Gasteiger partial charge in [0.15, 0.2) is 11.5 Å². The number of carbonyl (C=O) groups excluding carboxylic acids is 1. The summed E-state index contributed by atoms with van der Waals surface area (Å²) in [6, 6.07) is 7.62. The number of amides is 1. The molecule has 1 atom stereocenters. The third kappa shape index (κ3) is 2.87. The topological polar surface area (TPSA) is 77.7 Å². The number of halogens is 1. The van der Waals surface area contributed by atoms with E-state index >= 15 is 0 Å². The van der Waals surface area contributed by atoms with E-state index in [1.54, 1.807) is 6.07 Å². The molecule has 1 aromatic carbocycles. The first kappa shape index (κ1) is 16.0. The van der Waals surface area contributed by atoms with E-state index in [2.05, 4.69) is 16.0 Å². The highest BCUT2D eigenvalue weighted by Crippen LogP contribution is 2.45. The molecular formula is C18H18ClN3O3. The summed E-state index contributed by atoms with van der Waals surface area (Å²) in [6.45, 7) is 1.94. The summed E-state index contributed by atoms with van der Waals surface area (Å²) in [5.74, 6) is 1.69. The van der Waals surface area contributed by atoms with Crippen LogP contribution in [0.2, 0.25) is 5.02 Å². The van der Waals surface area contributed by atoms with Crippen molar-refractivity contribution in [1.29, 1.82) is 0 Å². The summed E-state index contributed by atoms with van der Waals surface area (Å²) in [5.41, 5.74) is 6.68. The average molecular weight is 360 g/mol. The molecule has 1 saturated heterocycles. The van der Waals surface area contributed by atoms with Crippen LogP contribution >= 0.6 is 11.6 Å². The number of pyridine rings is 1. The lowest BCUT2D eigenvalue weighted by Crippen LogP contribution is -2.26. The van der Waals surface area contributed by atoms with Crippen molar-refractivity contribution in [3.63, 3.8) is 0 Å². The molecule has 3 heterocycles. The number of anilines is 1. The second-order valence-electron chi connectivity index (χ2n) is 6.12. The number of fused-ring (bicyclic) bond motifs is 1. The molecule has 25 heavy (non-hydrogen) atoms. The molecule has 1 aromatic heterocycles. The fourth-order valence-corrected chi connectivity index (χ4v) is 3.75. The molecule has 2 aromatic rings. The second kappa shape index (κ2) is 6.44. The van der Waals surface area contributed by atoms with Gasteiger partial charge in [0.05, 0.1) is 16.6 Å². The molecule has 0 aliphatic carbocycles. The standard InChI is InChI=1S/C18H18ClN3O3/c19-13-9-11(17(20)23)10-21-18(13)22-6-2-4-14(22)12-3-1-5-15-16(12)25-8-7-24-15/h1,3,5,9-10,14H,2,4,6-8H2,(H2,20,23). The van der Waals surface area contributed by atoms with Crippen molar-refractivity contribution >= 4 is 23.3 Å². The highest BCUT2D eigenvalue weighted by Gasteiger charge is 2.32. The Morgan fingerprint density at radius 1 is 1.32 bits per heavy atom. The molecule has 0 saturated carbocycles. The Kier molecular flexibility index (Phi) is 4.13. The van der Waals surface area contributed by atoms with Crippen LogP contribution in [0, 0.1) is 0 Å². The Labute approximate surface area is 150 Å². The largest absolute Gasteiger partial charge is 0.486 e. The number of hydrogen-bond donors (Lipinski definition) is 1. The Morgan fingerprint density at radius 2 is 2.16 bits per heavy atom. The summed E-state index contributed by atoms with van der Waals surface area (Å²) in [6.07, 6.45) is 3.46. The third-order valence-electron chi connectivity index (χ3n) is 4.59. The molecule has 6 nitrogen and oxygen atoms in total. The summed E-state index contributed by atoms with van der Waals surface area (Å²) in [5, 5.41) is 0.421. The molecule has 2 N–H and O–H groups in total. The number of hydrogen-bond acceptors (Lipinski definition) is 5. The number of para-hydroxylation sites is 1. The number of primary amides is 1. The number of ether oxygens (including phenoxy) is 2. The van der Waals surface area contributed by atoms with Crippen molar-refractivity contribution in [2.75, 3.05) is 24.7 Å². The van der Waals surface area contributed by atoms with E-state index in [1.165, 1.54) is 6.20 Å². The quantitative estimate of drug-likeness (QED) is 0.911. The Bertz CT molecular complexity index is 827. The minimum Gasteiger partial charge on any atom is -0.486 e. The third-order valence-corrected chi connectivity index (χ3v) is 4.86. The Morgan fingerprint density at radius 3 is 2.96 bits per heavy atom. The first-order chi connectivity index (χ1) is 12.1. The van der Waals surface area contributed by atoms with Gasteiger partial charge in [0, 0.05) is 18.3 Å². The number of benzene rings is 1. The summed E-state index contributed by atoms with van der Waals surface area (Å²) < 4.78 is 11.6. The van der Waals surface area contributed by atoms with Crippen LogP contribution in [0.1, 0.15) is 34.8 Å². The molecule has 0 spiro atoms. The molecule has 1 amide bonds. The normalized spacial score (nSPS) is 19.1. The van der Waals surface area contributed by atoms with Crippen LogP contribution < -0.4 is 20.1 Å². The fraction of sp³-hybridized carbons (Fsp3) is 0.333. The van der Waals surface area contributed by atoms with Crippen molar-refractivity contribution in [2.24, 2.45) is 5.73 Å². The zero-order chi connectivity index (χ0) is 17.4. The van der Waals surface area contributed by atoms with Crippen LogP contribution in [0.3, 0.4) is 0 Å². The van der Waals surface area contributed by atoms with E-state index in [9.17, 15) is 4.79 Å². The molecule has 2 aliphatic rings. The number of aromatic nitrogens is 1. The molecule has 1 unspecified atom stereocenters. The van der Waals surface area contributed by atoms with Gasteiger partial charge < -0.3 is 20.1 Å². The zero-order valence-corrected chi connectivity index (χ0v) is 14.3. The Balaban J connectivity index is 1.71. The van der Waals surface area contributed by atoms with Crippen LogP contribution in [0.4, 0.5) is 5.82 Å². The second-order valence-corrected chi connectivity index (χ2v) is 6.52. The van der Waals surface area contributed by atoms with Crippen molar-refractivity contribution in [3.05, 3.63) is 46.6 Å². The van der Waals surface area contributed by atoms with Crippen molar-refractivity contribution in [1.82, 2.24) is 4.98 Å². The van der Waals surface area contributed by atoms with Crippen LogP contribution in [-0.2, 0) is 0 Å². The molecule has 2 aliphatic heterocycles. The smallest absolute Gasteiger partial charge is 0.250 e. The predicted molar refractivity (Wildman–Crippen MR) is 94.5 cm³/mol. The van der Waals surface area contributed by atoms with Gasteiger partial charge in [0.25, 0.3) is 0 Å². The Hall–Kier alpha value is -2.47. The SMILES string of the molecule is NC(=O)c1cnc(N2CCCC2c2cccc3c2OCCO3)c(Cl)c1. The van der Waals surface area contributed by atoms with Gasteiger partial charge in [-0.25, -0.2) is 4.98 Å². The van der Waals surface area contributed by atoms with E-state index in [0.29, 0.717) is 29.6 Å². The van der Waals surface area contributed by atoms with Gasteiger partial charge in [-0.15, -0.1) is 0 Å².